The third kappa shape index (κ3) is 4.97. The highest BCUT2D eigenvalue weighted by atomic mass is 35.5. The number of rotatable bonds is 6. The molecule has 1 aromatic carbocycles. The Morgan fingerprint density at radius 3 is 2.62 bits per heavy atom. The van der Waals surface area contributed by atoms with Gasteiger partial charge in [-0.3, -0.25) is 4.99 Å². The van der Waals surface area contributed by atoms with E-state index in [0.29, 0.717) is 24.1 Å². The number of halogens is 2. The quantitative estimate of drug-likeness (QED) is 0.591. The summed E-state index contributed by atoms with van der Waals surface area (Å²) in [5.41, 5.74) is 2.63. The monoisotopic (exact) mass is 380 g/mol. The number of benzene rings is 1. The van der Waals surface area contributed by atoms with Gasteiger partial charge in [0, 0.05) is 36.1 Å². The van der Waals surface area contributed by atoms with Crippen LogP contribution in [0, 0.1) is 19.7 Å². The van der Waals surface area contributed by atoms with Crippen LogP contribution in [-0.4, -0.2) is 31.3 Å². The molecule has 0 amide bonds. The van der Waals surface area contributed by atoms with Crippen LogP contribution < -0.4 is 10.6 Å². The molecule has 0 unspecified atom stereocenters. The third-order valence-corrected chi connectivity index (χ3v) is 4.74. The van der Waals surface area contributed by atoms with Crippen molar-refractivity contribution in [2.24, 2.45) is 4.99 Å². The van der Waals surface area contributed by atoms with Crippen molar-refractivity contribution in [3.05, 3.63) is 51.6 Å². The standard InChI is InChI=1S/C19H26ClFN4O/c1-12-15(13(2)26-25-12)8-9-23-18(22-5)24-11-19(3,4)16-7-6-14(21)10-17(16)20/h6-7,10H,8-9,11H2,1-5H3,(H2,22,23,24). The Balaban J connectivity index is 1.91. The second-order valence-corrected chi connectivity index (χ2v) is 7.32. The van der Waals surface area contributed by atoms with Gasteiger partial charge in [-0.05, 0) is 38.0 Å². The van der Waals surface area contributed by atoms with Crippen LogP contribution >= 0.6 is 11.6 Å². The topological polar surface area (TPSA) is 62.5 Å². The Hall–Kier alpha value is -2.08. The molecule has 0 aliphatic heterocycles. The van der Waals surface area contributed by atoms with Gasteiger partial charge in [-0.15, -0.1) is 0 Å². The minimum absolute atomic E-state index is 0.288. The van der Waals surface area contributed by atoms with Crippen LogP contribution in [0.25, 0.3) is 0 Å². The molecule has 2 N–H and O–H groups in total. The zero-order valence-electron chi connectivity index (χ0n) is 15.9. The average molecular weight is 381 g/mol. The fraction of sp³-hybridized carbons (Fsp3) is 0.474. The molecule has 0 bridgehead atoms. The number of hydrogen-bond donors (Lipinski definition) is 2. The number of aryl methyl sites for hydroxylation is 2. The molecular weight excluding hydrogens is 355 g/mol. The summed E-state index contributed by atoms with van der Waals surface area (Å²) >= 11 is 6.21. The molecule has 1 aromatic heterocycles. The molecule has 0 aliphatic rings. The number of hydrogen-bond acceptors (Lipinski definition) is 3. The fourth-order valence-electron chi connectivity index (χ4n) is 2.82. The zero-order chi connectivity index (χ0) is 19.3. The normalized spacial score (nSPS) is 12.3. The first-order chi connectivity index (χ1) is 12.2. The highest BCUT2D eigenvalue weighted by Crippen LogP contribution is 2.29. The second kappa shape index (κ2) is 8.54. The summed E-state index contributed by atoms with van der Waals surface area (Å²) in [6.07, 6.45) is 0.801. The first-order valence-corrected chi connectivity index (χ1v) is 8.94. The number of aromatic nitrogens is 1. The van der Waals surface area contributed by atoms with Crippen molar-refractivity contribution in [2.45, 2.75) is 39.5 Å². The fourth-order valence-corrected chi connectivity index (χ4v) is 3.25. The van der Waals surface area contributed by atoms with Gasteiger partial charge in [0.05, 0.1) is 5.69 Å². The predicted octanol–water partition coefficient (Wildman–Crippen LogP) is 3.77. The first kappa shape index (κ1) is 20.2. The van der Waals surface area contributed by atoms with Crippen molar-refractivity contribution in [1.29, 1.82) is 0 Å². The van der Waals surface area contributed by atoms with Gasteiger partial charge in [-0.2, -0.15) is 0 Å². The molecule has 0 saturated carbocycles. The lowest BCUT2D eigenvalue weighted by molar-refractivity contribution is 0.392. The second-order valence-electron chi connectivity index (χ2n) is 6.91. The summed E-state index contributed by atoms with van der Waals surface area (Å²) in [6, 6.07) is 4.50. The van der Waals surface area contributed by atoms with Crippen LogP contribution in [0.15, 0.2) is 27.7 Å². The molecule has 0 saturated heterocycles. The Morgan fingerprint density at radius 2 is 2.04 bits per heavy atom. The highest BCUT2D eigenvalue weighted by Gasteiger charge is 2.24. The molecule has 0 spiro atoms. The van der Waals surface area contributed by atoms with E-state index in [1.807, 2.05) is 13.8 Å². The van der Waals surface area contributed by atoms with Crippen molar-refractivity contribution < 1.29 is 8.91 Å². The summed E-state index contributed by atoms with van der Waals surface area (Å²) in [6.45, 7) is 9.27. The van der Waals surface area contributed by atoms with Crippen molar-refractivity contribution in [2.75, 3.05) is 20.1 Å². The Kier molecular flexibility index (Phi) is 6.64. The van der Waals surface area contributed by atoms with Crippen LogP contribution in [-0.2, 0) is 11.8 Å². The van der Waals surface area contributed by atoms with Gasteiger partial charge in [0.25, 0.3) is 0 Å². The SMILES string of the molecule is CN=C(NCCc1c(C)noc1C)NCC(C)(C)c1ccc(F)cc1Cl. The molecule has 5 nitrogen and oxygen atoms in total. The van der Waals surface area contributed by atoms with E-state index in [9.17, 15) is 4.39 Å². The van der Waals surface area contributed by atoms with Crippen LogP contribution in [0.1, 0.15) is 36.4 Å². The van der Waals surface area contributed by atoms with Gasteiger partial charge < -0.3 is 15.2 Å². The summed E-state index contributed by atoms with van der Waals surface area (Å²) in [4.78, 5) is 4.25. The molecule has 142 valence electrons. The van der Waals surface area contributed by atoms with Crippen LogP contribution in [0.3, 0.4) is 0 Å². The smallest absolute Gasteiger partial charge is 0.191 e. The summed E-state index contributed by atoms with van der Waals surface area (Å²) in [5, 5.41) is 11.0. The van der Waals surface area contributed by atoms with Crippen molar-refractivity contribution in [3.8, 4) is 0 Å². The van der Waals surface area contributed by atoms with Gasteiger partial charge in [-0.1, -0.05) is 36.7 Å². The molecule has 0 aliphatic carbocycles. The van der Waals surface area contributed by atoms with E-state index in [1.54, 1.807) is 13.1 Å². The molecule has 7 heteroatoms. The lowest BCUT2D eigenvalue weighted by Gasteiger charge is -2.27. The maximum Gasteiger partial charge on any atom is 0.191 e. The molecular formula is C19H26ClFN4O. The molecule has 0 fully saturated rings. The molecule has 2 rings (SSSR count). The number of guanidine groups is 1. The van der Waals surface area contributed by atoms with Gasteiger partial charge in [0.1, 0.15) is 11.6 Å². The van der Waals surface area contributed by atoms with Gasteiger partial charge in [0.2, 0.25) is 0 Å². The number of aliphatic imine (C=N–C) groups is 1. The molecule has 26 heavy (non-hydrogen) atoms. The minimum atomic E-state index is -0.334. The Labute approximate surface area is 159 Å². The Morgan fingerprint density at radius 1 is 1.31 bits per heavy atom. The van der Waals surface area contributed by atoms with E-state index in [0.717, 1.165) is 29.0 Å². The van der Waals surface area contributed by atoms with Crippen LogP contribution in [0.4, 0.5) is 4.39 Å². The lowest BCUT2D eigenvalue weighted by atomic mass is 9.84. The largest absolute Gasteiger partial charge is 0.361 e. The van der Waals surface area contributed by atoms with Gasteiger partial charge in [-0.25, -0.2) is 4.39 Å². The van der Waals surface area contributed by atoms with E-state index in [4.69, 9.17) is 16.1 Å². The van der Waals surface area contributed by atoms with E-state index >= 15 is 0 Å². The minimum Gasteiger partial charge on any atom is -0.361 e. The maximum atomic E-state index is 13.3. The Bertz CT molecular complexity index is 766. The van der Waals surface area contributed by atoms with E-state index in [-0.39, 0.29) is 11.2 Å². The highest BCUT2D eigenvalue weighted by molar-refractivity contribution is 6.31. The van der Waals surface area contributed by atoms with Crippen molar-refractivity contribution in [1.82, 2.24) is 15.8 Å². The van der Waals surface area contributed by atoms with Crippen LogP contribution in [0.5, 0.6) is 0 Å². The maximum absolute atomic E-state index is 13.3. The third-order valence-electron chi connectivity index (χ3n) is 4.43. The van der Waals surface area contributed by atoms with Crippen molar-refractivity contribution in [3.63, 3.8) is 0 Å². The lowest BCUT2D eigenvalue weighted by Crippen LogP contribution is -2.44. The molecule has 0 radical (unpaired) electrons. The number of nitrogens with zero attached hydrogens (tertiary/aromatic N) is 2. The summed E-state index contributed by atoms with van der Waals surface area (Å²) in [7, 11) is 1.73. The number of nitrogens with one attached hydrogen (secondary N) is 2. The van der Waals surface area contributed by atoms with E-state index < -0.39 is 0 Å². The molecule has 0 atom stereocenters. The molecule has 2 aromatic rings. The average Bonchev–Trinajstić information content (AvgIpc) is 2.89. The van der Waals surface area contributed by atoms with Crippen molar-refractivity contribution >= 4 is 17.6 Å². The van der Waals surface area contributed by atoms with Gasteiger partial charge in [0.15, 0.2) is 5.96 Å². The van der Waals surface area contributed by atoms with E-state index in [2.05, 4.69) is 34.6 Å². The predicted molar refractivity (Wildman–Crippen MR) is 103 cm³/mol. The molecule has 1 heterocycles. The van der Waals surface area contributed by atoms with E-state index in [1.165, 1.54) is 12.1 Å². The summed E-state index contributed by atoms with van der Waals surface area (Å²) < 4.78 is 18.5. The first-order valence-electron chi connectivity index (χ1n) is 8.56. The van der Waals surface area contributed by atoms with Crippen LogP contribution in [0.2, 0.25) is 5.02 Å². The zero-order valence-corrected chi connectivity index (χ0v) is 16.7. The summed E-state index contributed by atoms with van der Waals surface area (Å²) in [5.74, 6) is 1.21. The van der Waals surface area contributed by atoms with Gasteiger partial charge >= 0.3 is 0 Å².